The number of thioether (sulfide) groups is 1. The van der Waals surface area contributed by atoms with Crippen molar-refractivity contribution in [3.63, 3.8) is 0 Å². The minimum absolute atomic E-state index is 0.421. The molecule has 1 aliphatic carbocycles. The van der Waals surface area contributed by atoms with Gasteiger partial charge in [-0.25, -0.2) is 0 Å². The fraction of sp³-hybridized carbons (Fsp3) is 0.789. The van der Waals surface area contributed by atoms with Gasteiger partial charge in [0.15, 0.2) is 0 Å². The molecule has 1 saturated carbocycles. The number of hydrogen-bond acceptors (Lipinski definition) is 4. The third-order valence-corrected chi connectivity index (χ3v) is 6.30. The van der Waals surface area contributed by atoms with Crippen molar-refractivity contribution in [2.45, 2.75) is 52.6 Å². The molecule has 0 amide bonds. The predicted molar refractivity (Wildman–Crippen MR) is 99.4 cm³/mol. The van der Waals surface area contributed by atoms with Crippen LogP contribution in [0.25, 0.3) is 0 Å². The van der Waals surface area contributed by atoms with Gasteiger partial charge in [0.05, 0.1) is 18.2 Å². The van der Waals surface area contributed by atoms with Crippen molar-refractivity contribution in [2.24, 2.45) is 5.41 Å². The summed E-state index contributed by atoms with van der Waals surface area (Å²) in [6.45, 7) is 12.0. The monoisotopic (exact) mass is 336 g/mol. The van der Waals surface area contributed by atoms with Gasteiger partial charge in [-0.1, -0.05) is 13.8 Å². The van der Waals surface area contributed by atoms with E-state index in [0.717, 1.165) is 32.1 Å². The zero-order valence-corrected chi connectivity index (χ0v) is 15.8. The molecule has 0 aromatic rings. The summed E-state index contributed by atoms with van der Waals surface area (Å²) in [4.78, 5) is 5.24. The van der Waals surface area contributed by atoms with Crippen molar-refractivity contribution < 1.29 is 4.74 Å². The van der Waals surface area contributed by atoms with E-state index in [1.807, 2.05) is 11.8 Å². The summed E-state index contributed by atoms with van der Waals surface area (Å²) >= 11 is 1.99. The molecule has 1 atom stereocenters. The summed E-state index contributed by atoms with van der Waals surface area (Å²) in [7, 11) is 0. The molecule has 2 aliphatic heterocycles. The Morgan fingerprint density at radius 1 is 1.30 bits per heavy atom. The van der Waals surface area contributed by atoms with Gasteiger partial charge in [-0.05, 0) is 61.5 Å². The van der Waals surface area contributed by atoms with Crippen LogP contribution in [0, 0.1) is 5.41 Å². The molecule has 1 saturated heterocycles. The van der Waals surface area contributed by atoms with Gasteiger partial charge in [-0.3, -0.25) is 4.90 Å². The van der Waals surface area contributed by atoms with Crippen LogP contribution in [0.4, 0.5) is 0 Å². The quantitative estimate of drug-likeness (QED) is 0.696. The average Bonchev–Trinajstić information content (AvgIpc) is 3.28. The normalized spacial score (nSPS) is 27.6. The first kappa shape index (κ1) is 17.4. The van der Waals surface area contributed by atoms with Crippen LogP contribution in [-0.2, 0) is 4.74 Å². The van der Waals surface area contributed by atoms with E-state index in [1.54, 1.807) is 0 Å². The van der Waals surface area contributed by atoms with Crippen molar-refractivity contribution in [2.75, 3.05) is 38.6 Å². The summed E-state index contributed by atoms with van der Waals surface area (Å²) in [5.41, 5.74) is 2.07. The van der Waals surface area contributed by atoms with Crippen LogP contribution in [0.2, 0.25) is 0 Å². The number of rotatable bonds is 7. The summed E-state index contributed by atoms with van der Waals surface area (Å²) < 4.78 is 5.56. The van der Waals surface area contributed by atoms with Gasteiger partial charge in [0.1, 0.15) is 6.17 Å². The Hall–Kier alpha value is -0.450. The number of hydrogen-bond donors (Lipinski definition) is 0. The molecule has 3 rings (SSSR count). The minimum Gasteiger partial charge on any atom is -0.379 e. The first-order chi connectivity index (χ1) is 11.1. The highest BCUT2D eigenvalue weighted by Gasteiger charge is 2.37. The molecule has 2 fully saturated rings. The molecular weight excluding hydrogens is 304 g/mol. The van der Waals surface area contributed by atoms with E-state index in [-0.39, 0.29) is 0 Å². The first-order valence-corrected chi connectivity index (χ1v) is 10.2. The Bertz CT molecular complexity index is 464. The first-order valence-electron chi connectivity index (χ1n) is 9.23. The zero-order valence-electron chi connectivity index (χ0n) is 15.0. The van der Waals surface area contributed by atoms with Crippen LogP contribution in [0.3, 0.4) is 0 Å². The fourth-order valence-corrected chi connectivity index (χ4v) is 4.51. The van der Waals surface area contributed by atoms with Crippen LogP contribution in [0.15, 0.2) is 22.8 Å². The third-order valence-electron chi connectivity index (χ3n) is 5.36. The Balaban J connectivity index is 1.68. The number of ether oxygens (including phenoxy) is 1. The van der Waals surface area contributed by atoms with Crippen LogP contribution in [0.5, 0.6) is 0 Å². The van der Waals surface area contributed by atoms with Gasteiger partial charge in [-0.2, -0.15) is 0 Å². The Morgan fingerprint density at radius 2 is 2.04 bits per heavy atom. The largest absolute Gasteiger partial charge is 0.379 e. The highest BCUT2D eigenvalue weighted by molar-refractivity contribution is 8.02. The van der Waals surface area contributed by atoms with E-state index < -0.39 is 0 Å². The lowest BCUT2D eigenvalue weighted by Crippen LogP contribution is -2.52. The third kappa shape index (κ3) is 4.55. The van der Waals surface area contributed by atoms with Crippen LogP contribution >= 0.6 is 11.8 Å². The molecule has 0 bridgehead atoms. The van der Waals surface area contributed by atoms with Gasteiger partial charge in [0.25, 0.3) is 0 Å². The maximum atomic E-state index is 5.56. The van der Waals surface area contributed by atoms with Gasteiger partial charge < -0.3 is 9.64 Å². The van der Waals surface area contributed by atoms with E-state index in [9.17, 15) is 0 Å². The van der Waals surface area contributed by atoms with E-state index in [2.05, 4.69) is 42.7 Å². The molecular formula is C19H32N2OS. The lowest BCUT2D eigenvalue weighted by Gasteiger charge is -2.44. The van der Waals surface area contributed by atoms with Crippen molar-refractivity contribution in [3.05, 3.63) is 22.8 Å². The number of morpholine rings is 1. The Labute approximate surface area is 146 Å². The predicted octanol–water partition coefficient (Wildman–Crippen LogP) is 4.08. The number of allylic oxidation sites excluding steroid dienone is 2. The summed E-state index contributed by atoms with van der Waals surface area (Å²) in [5.74, 6) is 1.14. The Morgan fingerprint density at radius 3 is 2.70 bits per heavy atom. The van der Waals surface area contributed by atoms with Crippen molar-refractivity contribution >= 4 is 11.8 Å². The highest BCUT2D eigenvalue weighted by Crippen LogP contribution is 2.49. The van der Waals surface area contributed by atoms with E-state index in [1.165, 1.54) is 42.8 Å². The molecule has 4 heteroatoms. The van der Waals surface area contributed by atoms with E-state index in [4.69, 9.17) is 4.74 Å². The molecule has 0 aromatic carbocycles. The van der Waals surface area contributed by atoms with Gasteiger partial charge >= 0.3 is 0 Å². The maximum Gasteiger partial charge on any atom is 0.102 e. The smallest absolute Gasteiger partial charge is 0.102 e. The van der Waals surface area contributed by atoms with Gasteiger partial charge in [-0.15, -0.1) is 11.8 Å². The van der Waals surface area contributed by atoms with Crippen LogP contribution < -0.4 is 0 Å². The highest BCUT2D eigenvalue weighted by atomic mass is 32.2. The number of nitrogens with zero attached hydrogens (tertiary/aromatic N) is 2. The molecule has 0 aromatic heterocycles. The molecule has 0 radical (unpaired) electrons. The maximum absolute atomic E-state index is 5.56. The minimum atomic E-state index is 0.421. The molecule has 0 N–H and O–H groups in total. The molecule has 3 aliphatic rings. The summed E-state index contributed by atoms with van der Waals surface area (Å²) in [6, 6.07) is 0. The van der Waals surface area contributed by atoms with Gasteiger partial charge in [0.2, 0.25) is 0 Å². The van der Waals surface area contributed by atoms with Crippen LogP contribution in [0.1, 0.15) is 46.5 Å². The van der Waals surface area contributed by atoms with Crippen molar-refractivity contribution in [3.8, 4) is 0 Å². The second-order valence-electron chi connectivity index (χ2n) is 7.50. The van der Waals surface area contributed by atoms with E-state index >= 15 is 0 Å². The zero-order chi connectivity index (χ0) is 16.3. The molecule has 23 heavy (non-hydrogen) atoms. The van der Waals surface area contributed by atoms with E-state index in [0.29, 0.717) is 11.6 Å². The second-order valence-corrected chi connectivity index (χ2v) is 8.78. The summed E-state index contributed by atoms with van der Waals surface area (Å²) in [5, 5.41) is 1.46. The molecule has 130 valence electrons. The average molecular weight is 337 g/mol. The lowest BCUT2D eigenvalue weighted by atomic mass is 10.0. The van der Waals surface area contributed by atoms with Gasteiger partial charge in [0, 0.05) is 19.6 Å². The van der Waals surface area contributed by atoms with Crippen molar-refractivity contribution in [1.82, 2.24) is 9.80 Å². The topological polar surface area (TPSA) is 15.7 Å². The molecule has 0 spiro atoms. The molecule has 1 unspecified atom stereocenters. The fourth-order valence-electron chi connectivity index (χ4n) is 3.58. The standard InChI is InChI=1S/C19H32N2OS/c1-4-23-18-15-16(2)14-17(20-10-12-22-13-11-20)21(18)9-5-6-19(3)7-8-19/h14-15,17H,4-13H2,1-3H3. The summed E-state index contributed by atoms with van der Waals surface area (Å²) in [6.07, 6.45) is 10.8. The lowest BCUT2D eigenvalue weighted by molar-refractivity contribution is -0.00650. The van der Waals surface area contributed by atoms with Crippen LogP contribution in [-0.4, -0.2) is 54.6 Å². The molecule has 3 nitrogen and oxygen atoms in total. The Kier molecular flexibility index (Phi) is 5.76. The second kappa shape index (κ2) is 7.62. The molecule has 2 heterocycles. The SMILES string of the molecule is CCSC1=CC(C)=CC(N2CCOCC2)N1CCCC1(C)CC1. The van der Waals surface area contributed by atoms with Crippen molar-refractivity contribution in [1.29, 1.82) is 0 Å².